The van der Waals surface area contributed by atoms with E-state index in [1.165, 1.54) is 0 Å². The van der Waals surface area contributed by atoms with Crippen LogP contribution >= 0.6 is 23.4 Å². The van der Waals surface area contributed by atoms with E-state index in [0.717, 1.165) is 4.90 Å². The first-order chi connectivity index (χ1) is 10.0. The fourth-order valence-corrected chi connectivity index (χ4v) is 3.15. The Morgan fingerprint density at radius 1 is 1.38 bits per heavy atom. The number of halogens is 1. The highest BCUT2D eigenvalue weighted by molar-refractivity contribution is 7.98. The first kappa shape index (κ1) is 16.0. The lowest BCUT2D eigenvalue weighted by atomic mass is 9.97. The molecular weight excluding hydrogens is 312 g/mol. The second-order valence-electron chi connectivity index (χ2n) is 4.88. The Balaban J connectivity index is 1.93. The number of hydrogen-bond acceptors (Lipinski definition) is 3. The molecule has 1 aromatic carbocycles. The molecule has 1 saturated heterocycles. The van der Waals surface area contributed by atoms with Gasteiger partial charge in [0, 0.05) is 23.7 Å². The number of hydrogen-bond donors (Lipinski definition) is 2. The van der Waals surface area contributed by atoms with Gasteiger partial charge in [0.2, 0.25) is 0 Å². The van der Waals surface area contributed by atoms with Crippen molar-refractivity contribution in [3.05, 3.63) is 23.2 Å². The van der Waals surface area contributed by atoms with Crippen LogP contribution in [0.3, 0.4) is 0 Å². The molecule has 1 fully saturated rings. The summed E-state index contributed by atoms with van der Waals surface area (Å²) < 4.78 is 0. The number of benzene rings is 1. The number of amides is 2. The van der Waals surface area contributed by atoms with E-state index in [4.69, 9.17) is 16.7 Å². The van der Waals surface area contributed by atoms with Gasteiger partial charge in [0.15, 0.2) is 0 Å². The van der Waals surface area contributed by atoms with Gasteiger partial charge in [-0.25, -0.2) is 4.79 Å². The molecule has 114 valence electrons. The van der Waals surface area contributed by atoms with Gasteiger partial charge in [-0.1, -0.05) is 11.6 Å². The Hall–Kier alpha value is -1.40. The standard InChI is InChI=1S/C14H17ClN2O3S/c1-21-12-3-2-10(8-11(12)15)16-14(20)17-6-4-9(5-7-17)13(18)19/h2-3,8-9H,4-7H2,1H3,(H,16,20)(H,18,19). The van der Waals surface area contributed by atoms with Crippen LogP contribution in [0.5, 0.6) is 0 Å². The van der Waals surface area contributed by atoms with Crippen molar-refractivity contribution in [2.45, 2.75) is 17.7 Å². The van der Waals surface area contributed by atoms with Gasteiger partial charge in [-0.15, -0.1) is 11.8 Å². The molecule has 5 nitrogen and oxygen atoms in total. The quantitative estimate of drug-likeness (QED) is 0.834. The van der Waals surface area contributed by atoms with Crippen LogP contribution in [-0.2, 0) is 4.79 Å². The zero-order valence-electron chi connectivity index (χ0n) is 11.6. The minimum absolute atomic E-state index is 0.216. The van der Waals surface area contributed by atoms with Gasteiger partial charge in [-0.05, 0) is 37.3 Å². The average molecular weight is 329 g/mol. The summed E-state index contributed by atoms with van der Waals surface area (Å²) in [5, 5.41) is 12.3. The first-order valence-corrected chi connectivity index (χ1v) is 8.24. The molecular formula is C14H17ClN2O3S. The maximum absolute atomic E-state index is 12.1. The maximum Gasteiger partial charge on any atom is 0.321 e. The fraction of sp³-hybridized carbons (Fsp3) is 0.429. The van der Waals surface area contributed by atoms with E-state index >= 15 is 0 Å². The number of thioether (sulfide) groups is 1. The number of carboxylic acid groups (broad SMARTS) is 1. The predicted molar refractivity (Wildman–Crippen MR) is 84.2 cm³/mol. The highest BCUT2D eigenvalue weighted by Gasteiger charge is 2.26. The third-order valence-electron chi connectivity index (χ3n) is 3.53. The molecule has 2 rings (SSSR count). The van der Waals surface area contributed by atoms with Gasteiger partial charge < -0.3 is 15.3 Å². The number of carboxylic acids is 1. The predicted octanol–water partition coefficient (Wildman–Crippen LogP) is 3.39. The van der Waals surface area contributed by atoms with Crippen molar-refractivity contribution >= 4 is 41.1 Å². The van der Waals surface area contributed by atoms with Crippen molar-refractivity contribution in [1.82, 2.24) is 4.90 Å². The Morgan fingerprint density at radius 2 is 2.05 bits per heavy atom. The number of carbonyl (C=O) groups is 2. The monoisotopic (exact) mass is 328 g/mol. The molecule has 0 spiro atoms. The van der Waals surface area contributed by atoms with E-state index in [-0.39, 0.29) is 11.9 Å². The topological polar surface area (TPSA) is 69.6 Å². The summed E-state index contributed by atoms with van der Waals surface area (Å²) in [6, 6.07) is 5.17. The van der Waals surface area contributed by atoms with Crippen LogP contribution < -0.4 is 5.32 Å². The number of anilines is 1. The van der Waals surface area contributed by atoms with Crippen LogP contribution in [0, 0.1) is 5.92 Å². The minimum Gasteiger partial charge on any atom is -0.481 e. The molecule has 1 aliphatic heterocycles. The number of piperidine rings is 1. The van der Waals surface area contributed by atoms with Crippen molar-refractivity contribution in [1.29, 1.82) is 0 Å². The molecule has 2 N–H and O–H groups in total. The molecule has 0 unspecified atom stereocenters. The van der Waals surface area contributed by atoms with Crippen LogP contribution in [0.4, 0.5) is 10.5 Å². The third-order valence-corrected chi connectivity index (χ3v) is 4.76. The van der Waals surface area contributed by atoms with Gasteiger partial charge in [0.25, 0.3) is 0 Å². The van der Waals surface area contributed by atoms with Crippen LogP contribution in [-0.4, -0.2) is 41.4 Å². The second kappa shape index (κ2) is 7.04. The summed E-state index contributed by atoms with van der Waals surface area (Å²) >= 11 is 7.65. The Kier molecular flexibility index (Phi) is 5.36. The summed E-state index contributed by atoms with van der Waals surface area (Å²) in [6.07, 6.45) is 2.93. The lowest BCUT2D eigenvalue weighted by Crippen LogP contribution is -2.42. The van der Waals surface area contributed by atoms with E-state index in [1.54, 1.807) is 28.8 Å². The lowest BCUT2D eigenvalue weighted by molar-refractivity contribution is -0.143. The number of rotatable bonds is 3. The summed E-state index contributed by atoms with van der Waals surface area (Å²) in [4.78, 5) is 25.6. The fourth-order valence-electron chi connectivity index (χ4n) is 2.28. The van der Waals surface area contributed by atoms with Gasteiger partial charge in [0.05, 0.1) is 10.9 Å². The molecule has 0 aromatic heterocycles. The number of likely N-dealkylation sites (tertiary alicyclic amines) is 1. The molecule has 1 aliphatic rings. The zero-order chi connectivity index (χ0) is 15.4. The summed E-state index contributed by atoms with van der Waals surface area (Å²) in [6.45, 7) is 0.916. The zero-order valence-corrected chi connectivity index (χ0v) is 13.2. The lowest BCUT2D eigenvalue weighted by Gasteiger charge is -2.30. The van der Waals surface area contributed by atoms with E-state index < -0.39 is 5.97 Å². The number of nitrogens with zero attached hydrogens (tertiary/aromatic N) is 1. The second-order valence-corrected chi connectivity index (χ2v) is 6.13. The average Bonchev–Trinajstić information content (AvgIpc) is 2.47. The van der Waals surface area contributed by atoms with Crippen molar-refractivity contribution < 1.29 is 14.7 Å². The molecule has 0 bridgehead atoms. The highest BCUT2D eigenvalue weighted by Crippen LogP contribution is 2.28. The van der Waals surface area contributed by atoms with Crippen molar-refractivity contribution in [3.63, 3.8) is 0 Å². The SMILES string of the molecule is CSc1ccc(NC(=O)N2CCC(C(=O)O)CC2)cc1Cl. The summed E-state index contributed by atoms with van der Waals surface area (Å²) in [5.74, 6) is -1.13. The Labute approximate surface area is 132 Å². The van der Waals surface area contributed by atoms with E-state index in [1.807, 2.05) is 12.3 Å². The molecule has 1 aromatic rings. The van der Waals surface area contributed by atoms with Gasteiger partial charge in [0.1, 0.15) is 0 Å². The number of carbonyl (C=O) groups excluding carboxylic acids is 1. The number of urea groups is 1. The minimum atomic E-state index is -0.783. The normalized spacial score (nSPS) is 15.8. The van der Waals surface area contributed by atoms with Gasteiger partial charge >= 0.3 is 12.0 Å². The number of nitrogens with one attached hydrogen (secondary N) is 1. The van der Waals surface area contributed by atoms with Gasteiger partial charge in [-0.2, -0.15) is 0 Å². The maximum atomic E-state index is 12.1. The smallest absolute Gasteiger partial charge is 0.321 e. The van der Waals surface area contributed by atoms with Crippen molar-refractivity contribution in [2.24, 2.45) is 5.92 Å². The molecule has 0 radical (unpaired) electrons. The molecule has 1 heterocycles. The highest BCUT2D eigenvalue weighted by atomic mass is 35.5. The first-order valence-electron chi connectivity index (χ1n) is 6.63. The Bertz CT molecular complexity index is 545. The van der Waals surface area contributed by atoms with Crippen LogP contribution in [0.25, 0.3) is 0 Å². The molecule has 7 heteroatoms. The van der Waals surface area contributed by atoms with Crippen LogP contribution in [0.2, 0.25) is 5.02 Å². The van der Waals surface area contributed by atoms with Gasteiger partial charge in [-0.3, -0.25) is 4.79 Å². The van der Waals surface area contributed by atoms with E-state index in [2.05, 4.69) is 5.32 Å². The Morgan fingerprint density at radius 3 is 2.57 bits per heavy atom. The van der Waals surface area contributed by atoms with Crippen molar-refractivity contribution in [3.8, 4) is 0 Å². The number of aliphatic carboxylic acids is 1. The summed E-state index contributed by atoms with van der Waals surface area (Å²) in [7, 11) is 0. The largest absolute Gasteiger partial charge is 0.481 e. The van der Waals surface area contributed by atoms with Crippen molar-refractivity contribution in [2.75, 3.05) is 24.7 Å². The van der Waals surface area contributed by atoms with Crippen LogP contribution in [0.1, 0.15) is 12.8 Å². The van der Waals surface area contributed by atoms with E-state index in [9.17, 15) is 9.59 Å². The molecule has 0 atom stereocenters. The van der Waals surface area contributed by atoms with E-state index in [0.29, 0.717) is 36.6 Å². The molecule has 21 heavy (non-hydrogen) atoms. The molecule has 2 amide bonds. The summed E-state index contributed by atoms with van der Waals surface area (Å²) in [5.41, 5.74) is 0.642. The molecule has 0 saturated carbocycles. The molecule has 0 aliphatic carbocycles. The third kappa shape index (κ3) is 4.04. The van der Waals surface area contributed by atoms with Crippen LogP contribution in [0.15, 0.2) is 23.1 Å².